The molecule has 2 aliphatic rings. The topological polar surface area (TPSA) is 144 Å². The van der Waals surface area contributed by atoms with Gasteiger partial charge in [0, 0.05) is 89.8 Å². The van der Waals surface area contributed by atoms with E-state index in [1.165, 1.54) is 11.8 Å². The molecule has 2 aliphatic heterocycles. The van der Waals surface area contributed by atoms with Crippen LogP contribution < -0.4 is 19.8 Å². The number of sulfone groups is 1. The van der Waals surface area contributed by atoms with Gasteiger partial charge in [-0.2, -0.15) is 13.2 Å². The van der Waals surface area contributed by atoms with E-state index in [-0.39, 0.29) is 16.9 Å². The smallest absolute Gasteiger partial charge is 0.478 e. The molecule has 8 rings (SSSR count). The van der Waals surface area contributed by atoms with Crippen molar-refractivity contribution in [1.82, 2.24) is 9.47 Å². The normalized spacial score (nSPS) is 15.3. The van der Waals surface area contributed by atoms with Crippen LogP contribution in [-0.4, -0.2) is 100 Å². The number of rotatable bonds is 17. The fraction of sp³-hybridized carbons (Fsp3) is 0.300. The molecule has 0 bridgehead atoms. The zero-order valence-electron chi connectivity index (χ0n) is 37.9. The highest BCUT2D eigenvalue weighted by atomic mass is 35.5. The van der Waals surface area contributed by atoms with Crippen molar-refractivity contribution < 1.29 is 39.9 Å². The van der Waals surface area contributed by atoms with Crippen LogP contribution in [0.3, 0.4) is 0 Å². The first kappa shape index (κ1) is 49.8. The molecular formula is C50H52ClF3N6O6S3. The van der Waals surface area contributed by atoms with Crippen LogP contribution >= 0.6 is 23.4 Å². The molecule has 0 radical (unpaired) electrons. The molecule has 1 atom stereocenters. The molecule has 0 saturated carbocycles. The minimum atomic E-state index is -5.99. The van der Waals surface area contributed by atoms with Crippen molar-refractivity contribution in [3.8, 4) is 22.4 Å². The standard InChI is InChI=1S/C50H52ClF3N6O6S3/c1-34-46(49(61)62)47(48(57(34)2)35-13-15-37(51)16-14-35)36-9-8-10-41(31-36)60-29-27-59(28-30-60)40-19-17-38(18-20-40)56-69(65,66)43-21-22-44(45(32-43)68(63,64)50(52,53)54)55-39(23-26-58-24-6-7-25-58)33-67-42-11-4-3-5-12-42/h3-5,8-22,31-32,39,55-56H,6-7,23-30,33H2,1-2H3,(H,61,62)/t39-/m1/s1. The van der Waals surface area contributed by atoms with Crippen LogP contribution in [0.15, 0.2) is 136 Å². The van der Waals surface area contributed by atoms with Gasteiger partial charge in [0.25, 0.3) is 19.9 Å². The van der Waals surface area contributed by atoms with Crippen molar-refractivity contribution in [3.63, 3.8) is 0 Å². The van der Waals surface area contributed by atoms with E-state index in [9.17, 15) is 39.9 Å². The van der Waals surface area contributed by atoms with Crippen LogP contribution in [0.25, 0.3) is 22.4 Å². The molecule has 12 nitrogen and oxygen atoms in total. The number of hydrogen-bond donors (Lipinski definition) is 3. The maximum absolute atomic E-state index is 14.2. The van der Waals surface area contributed by atoms with Crippen LogP contribution in [-0.2, 0) is 26.9 Å². The second-order valence-electron chi connectivity index (χ2n) is 17.1. The van der Waals surface area contributed by atoms with Crippen molar-refractivity contribution in [2.24, 2.45) is 7.05 Å². The fourth-order valence-corrected chi connectivity index (χ4v) is 12.2. The van der Waals surface area contributed by atoms with Crippen LogP contribution in [0.5, 0.6) is 0 Å². The predicted octanol–water partition coefficient (Wildman–Crippen LogP) is 10.5. The summed E-state index contributed by atoms with van der Waals surface area (Å²) < 4.78 is 101. The van der Waals surface area contributed by atoms with Crippen molar-refractivity contribution in [2.45, 2.75) is 52.4 Å². The Balaban J connectivity index is 0.961. The van der Waals surface area contributed by atoms with E-state index >= 15 is 0 Å². The van der Waals surface area contributed by atoms with Crippen LogP contribution in [0, 0.1) is 6.92 Å². The first-order chi connectivity index (χ1) is 32.9. The van der Waals surface area contributed by atoms with Gasteiger partial charge < -0.3 is 29.7 Å². The third-order valence-electron chi connectivity index (χ3n) is 12.7. The van der Waals surface area contributed by atoms with Gasteiger partial charge in [-0.1, -0.05) is 54.1 Å². The number of alkyl halides is 3. The van der Waals surface area contributed by atoms with Gasteiger partial charge in [0.1, 0.15) is 4.90 Å². The lowest BCUT2D eigenvalue weighted by atomic mass is 9.96. The zero-order chi connectivity index (χ0) is 49.1. The molecule has 364 valence electrons. The summed E-state index contributed by atoms with van der Waals surface area (Å²) in [5.41, 5.74) is -0.343. The van der Waals surface area contributed by atoms with Gasteiger partial charge in [-0.15, -0.1) is 11.8 Å². The number of piperazine rings is 1. The zero-order valence-corrected chi connectivity index (χ0v) is 41.1. The number of likely N-dealkylation sites (tertiary alicyclic amines) is 1. The number of carboxylic acids is 1. The summed E-state index contributed by atoms with van der Waals surface area (Å²) in [5.74, 6) is -0.603. The van der Waals surface area contributed by atoms with E-state index in [2.05, 4.69) is 24.7 Å². The van der Waals surface area contributed by atoms with Gasteiger partial charge in [-0.25, -0.2) is 21.6 Å². The van der Waals surface area contributed by atoms with E-state index in [0.717, 1.165) is 71.2 Å². The molecule has 3 heterocycles. The lowest BCUT2D eigenvalue weighted by Crippen LogP contribution is -2.46. The minimum absolute atomic E-state index is 0.131. The summed E-state index contributed by atoms with van der Waals surface area (Å²) in [6.07, 6.45) is 2.63. The number of carbonyl (C=O) groups is 1. The Labute approximate surface area is 410 Å². The van der Waals surface area contributed by atoms with Crippen LogP contribution in [0.1, 0.15) is 35.3 Å². The van der Waals surface area contributed by atoms with Crippen LogP contribution in [0.2, 0.25) is 5.02 Å². The van der Waals surface area contributed by atoms with Gasteiger partial charge in [0.2, 0.25) is 0 Å². The Kier molecular flexibility index (Phi) is 15.0. The Morgan fingerprint density at radius 1 is 0.783 bits per heavy atom. The van der Waals surface area contributed by atoms with Gasteiger partial charge in [0.15, 0.2) is 0 Å². The number of nitrogens with one attached hydrogen (secondary N) is 2. The first-order valence-corrected chi connectivity index (χ1v) is 26.8. The van der Waals surface area contributed by atoms with E-state index in [0.29, 0.717) is 67.2 Å². The number of halogens is 4. The molecule has 5 aromatic carbocycles. The third kappa shape index (κ3) is 11.2. The highest BCUT2D eigenvalue weighted by Gasteiger charge is 2.48. The van der Waals surface area contributed by atoms with Gasteiger partial charge >= 0.3 is 11.5 Å². The van der Waals surface area contributed by atoms with Crippen molar-refractivity contribution >= 4 is 71.9 Å². The van der Waals surface area contributed by atoms with E-state index in [1.807, 2.05) is 78.3 Å². The molecule has 69 heavy (non-hydrogen) atoms. The summed E-state index contributed by atoms with van der Waals surface area (Å²) in [4.78, 5) is 18.4. The molecule has 2 saturated heterocycles. The molecule has 0 unspecified atom stereocenters. The second kappa shape index (κ2) is 20.7. The molecular weight excluding hydrogens is 969 g/mol. The molecule has 0 spiro atoms. The summed E-state index contributed by atoms with van der Waals surface area (Å²) in [6.45, 7) is 6.74. The number of aromatic nitrogens is 1. The highest BCUT2D eigenvalue weighted by Crippen LogP contribution is 2.41. The van der Waals surface area contributed by atoms with Crippen molar-refractivity contribution in [1.29, 1.82) is 0 Å². The average molecular weight is 1020 g/mol. The molecule has 3 N–H and O–H groups in total. The Bertz CT molecular complexity index is 3020. The number of aromatic carboxylic acids is 1. The van der Waals surface area contributed by atoms with Gasteiger partial charge in [0.05, 0.1) is 21.8 Å². The van der Waals surface area contributed by atoms with Crippen molar-refractivity contribution in [2.75, 3.05) is 71.4 Å². The number of benzene rings is 5. The molecule has 0 aliphatic carbocycles. The summed E-state index contributed by atoms with van der Waals surface area (Å²) in [5, 5.41) is 14.0. The Hall–Kier alpha value is -5.66. The molecule has 2 fully saturated rings. The number of thioether (sulfide) groups is 1. The number of carboxylic acid groups (broad SMARTS) is 1. The van der Waals surface area contributed by atoms with Gasteiger partial charge in [-0.3, -0.25) is 4.72 Å². The monoisotopic (exact) mass is 1020 g/mol. The number of anilines is 4. The summed E-state index contributed by atoms with van der Waals surface area (Å²) in [6, 6.07) is 33.5. The minimum Gasteiger partial charge on any atom is -0.478 e. The lowest BCUT2D eigenvalue weighted by Gasteiger charge is -2.37. The largest absolute Gasteiger partial charge is 0.501 e. The maximum Gasteiger partial charge on any atom is 0.501 e. The van der Waals surface area contributed by atoms with E-state index in [1.54, 1.807) is 43.3 Å². The predicted molar refractivity (Wildman–Crippen MR) is 269 cm³/mol. The van der Waals surface area contributed by atoms with Crippen molar-refractivity contribution in [3.05, 3.63) is 138 Å². The van der Waals surface area contributed by atoms with Gasteiger partial charge in [-0.05, 0) is 129 Å². The molecule has 19 heteroatoms. The molecule has 0 amide bonds. The highest BCUT2D eigenvalue weighted by molar-refractivity contribution is 7.99. The second-order valence-corrected chi connectivity index (χ2v) is 22.3. The SMILES string of the molecule is Cc1c(C(=O)O)c(-c2cccc(N3CCN(c4ccc(NS(=O)(=O)c5ccc(N[C@H](CCN6CCCC6)CSc6ccccc6)c(S(=O)(=O)C(F)(F)F)c5)cc4)CC3)c2)c(-c2ccc(Cl)cc2)n1C. The molecule has 1 aromatic heterocycles. The van der Waals surface area contributed by atoms with Crippen LogP contribution in [0.4, 0.5) is 35.9 Å². The average Bonchev–Trinajstić information content (AvgIpc) is 3.96. The molecule has 6 aromatic rings. The Morgan fingerprint density at radius 2 is 1.43 bits per heavy atom. The Morgan fingerprint density at radius 3 is 2.07 bits per heavy atom. The first-order valence-electron chi connectivity index (χ1n) is 22.4. The number of hydrogen-bond acceptors (Lipinski definition) is 10. The third-order valence-corrected chi connectivity index (χ3v) is 17.0. The fourth-order valence-electron chi connectivity index (χ4n) is 8.94. The number of nitrogens with zero attached hydrogens (tertiary/aromatic N) is 4. The quantitative estimate of drug-likeness (QED) is 0.0751. The van der Waals surface area contributed by atoms with E-state index < -0.39 is 47.2 Å². The number of sulfonamides is 1. The summed E-state index contributed by atoms with van der Waals surface area (Å²) in [7, 11) is -8.70. The summed E-state index contributed by atoms with van der Waals surface area (Å²) >= 11 is 7.67. The lowest BCUT2D eigenvalue weighted by molar-refractivity contribution is -0.0435. The van der Waals surface area contributed by atoms with E-state index in [4.69, 9.17) is 11.6 Å². The maximum atomic E-state index is 14.2.